The fraction of sp³-hybridized carbons (Fsp3) is 0.105. The van der Waals surface area contributed by atoms with Crippen LogP contribution in [-0.2, 0) is 0 Å². The van der Waals surface area contributed by atoms with Crippen LogP contribution in [0.2, 0.25) is 0 Å². The van der Waals surface area contributed by atoms with Gasteiger partial charge in [0.05, 0.1) is 26.1 Å². The summed E-state index contributed by atoms with van der Waals surface area (Å²) in [5.41, 5.74) is 4.12. The van der Waals surface area contributed by atoms with E-state index >= 15 is 0 Å². The van der Waals surface area contributed by atoms with Gasteiger partial charge in [-0.15, -0.1) is 0 Å². The van der Waals surface area contributed by atoms with E-state index in [9.17, 15) is 9.18 Å². The van der Waals surface area contributed by atoms with Crippen molar-refractivity contribution in [1.29, 1.82) is 0 Å². The number of carbonyl (C=O) groups excluding carboxylic acids is 1. The average molecular weight is 368 g/mol. The van der Waals surface area contributed by atoms with Crippen LogP contribution < -0.4 is 14.9 Å². The van der Waals surface area contributed by atoms with Crippen molar-refractivity contribution in [3.63, 3.8) is 0 Å². The van der Waals surface area contributed by atoms with Crippen LogP contribution in [-0.4, -0.2) is 36.5 Å². The maximum Gasteiger partial charge on any atom is 0.289 e. The van der Waals surface area contributed by atoms with Crippen molar-refractivity contribution in [3.05, 3.63) is 65.6 Å². The first kappa shape index (κ1) is 18.1. The lowest BCUT2D eigenvalue weighted by Crippen LogP contribution is -2.18. The molecule has 2 aromatic carbocycles. The average Bonchev–Trinajstić information content (AvgIpc) is 3.19. The topological polar surface area (TPSA) is 88.6 Å². The van der Waals surface area contributed by atoms with Gasteiger partial charge in [-0.3, -0.25) is 9.89 Å². The maximum atomic E-state index is 13.5. The number of hydrogen-bond acceptors (Lipinski definition) is 5. The summed E-state index contributed by atoms with van der Waals surface area (Å²) in [4.78, 5) is 12.2. The van der Waals surface area contributed by atoms with E-state index in [0.29, 0.717) is 17.2 Å². The van der Waals surface area contributed by atoms with Gasteiger partial charge in [0.15, 0.2) is 11.5 Å². The number of nitrogens with one attached hydrogen (secondary N) is 2. The number of halogens is 1. The number of ether oxygens (including phenoxy) is 2. The Morgan fingerprint density at radius 1 is 1.15 bits per heavy atom. The quantitative estimate of drug-likeness (QED) is 0.517. The highest BCUT2D eigenvalue weighted by molar-refractivity contribution is 5.94. The number of aromatic amines is 1. The number of H-pyrrole nitrogens is 1. The van der Waals surface area contributed by atoms with Crippen LogP contribution >= 0.6 is 0 Å². The molecule has 27 heavy (non-hydrogen) atoms. The van der Waals surface area contributed by atoms with E-state index in [-0.39, 0.29) is 11.3 Å². The first-order chi connectivity index (χ1) is 13.1. The molecule has 0 bridgehead atoms. The second kappa shape index (κ2) is 8.13. The molecule has 7 nitrogen and oxygen atoms in total. The van der Waals surface area contributed by atoms with Crippen LogP contribution in [0.3, 0.4) is 0 Å². The molecule has 8 heteroatoms. The molecule has 138 valence electrons. The summed E-state index contributed by atoms with van der Waals surface area (Å²) in [6, 6.07) is 13.0. The van der Waals surface area contributed by atoms with Crippen molar-refractivity contribution in [3.8, 4) is 22.8 Å². The molecule has 0 unspecified atom stereocenters. The molecule has 3 rings (SSSR count). The smallest absolute Gasteiger partial charge is 0.289 e. The lowest BCUT2D eigenvalue weighted by Gasteiger charge is -2.08. The molecule has 1 aromatic heterocycles. The lowest BCUT2D eigenvalue weighted by atomic mass is 10.1. The molecule has 0 aliphatic rings. The van der Waals surface area contributed by atoms with E-state index < -0.39 is 11.7 Å². The molecule has 0 saturated carbocycles. The fourth-order valence-electron chi connectivity index (χ4n) is 2.38. The highest BCUT2D eigenvalue weighted by atomic mass is 19.1. The Bertz CT molecular complexity index is 985. The minimum Gasteiger partial charge on any atom is -0.493 e. The van der Waals surface area contributed by atoms with E-state index in [4.69, 9.17) is 9.47 Å². The van der Waals surface area contributed by atoms with Crippen LogP contribution in [0.1, 0.15) is 16.1 Å². The standard InChI is InChI=1S/C19H17FN4O3/c1-26-17-8-7-12(9-18(17)27-2)15-10-16(23-22-15)19(25)24-21-11-13-5-3-4-6-14(13)20/h3-11H,1-2H3,(H,22,23)(H,24,25). The number of aromatic nitrogens is 2. The Kier molecular flexibility index (Phi) is 5.46. The van der Waals surface area contributed by atoms with Crippen LogP contribution in [0.25, 0.3) is 11.3 Å². The van der Waals surface area contributed by atoms with Gasteiger partial charge in [0.2, 0.25) is 0 Å². The zero-order valence-corrected chi connectivity index (χ0v) is 14.7. The van der Waals surface area contributed by atoms with E-state index in [0.717, 1.165) is 5.56 Å². The van der Waals surface area contributed by atoms with E-state index in [2.05, 4.69) is 20.7 Å². The Balaban J connectivity index is 1.72. The lowest BCUT2D eigenvalue weighted by molar-refractivity contribution is 0.0950. The zero-order valence-electron chi connectivity index (χ0n) is 14.7. The highest BCUT2D eigenvalue weighted by Gasteiger charge is 2.12. The number of hydrogen-bond donors (Lipinski definition) is 2. The molecular formula is C19H17FN4O3. The highest BCUT2D eigenvalue weighted by Crippen LogP contribution is 2.31. The Morgan fingerprint density at radius 3 is 2.67 bits per heavy atom. The van der Waals surface area contributed by atoms with Crippen LogP contribution in [0, 0.1) is 5.82 Å². The molecule has 3 aromatic rings. The van der Waals surface area contributed by atoms with Gasteiger partial charge in [0, 0.05) is 11.1 Å². The first-order valence-corrected chi connectivity index (χ1v) is 7.98. The molecule has 1 heterocycles. The Hall–Kier alpha value is -3.68. The second-order valence-electron chi connectivity index (χ2n) is 5.46. The molecule has 0 aliphatic carbocycles. The van der Waals surface area contributed by atoms with Crippen molar-refractivity contribution in [1.82, 2.24) is 15.6 Å². The van der Waals surface area contributed by atoms with Gasteiger partial charge in [-0.05, 0) is 30.3 Å². The van der Waals surface area contributed by atoms with Gasteiger partial charge in [0.25, 0.3) is 5.91 Å². The number of nitrogens with zero attached hydrogens (tertiary/aromatic N) is 2. The molecular weight excluding hydrogens is 351 g/mol. The number of benzene rings is 2. The third-order valence-electron chi connectivity index (χ3n) is 3.78. The summed E-state index contributed by atoms with van der Waals surface area (Å²) in [7, 11) is 3.09. The third-order valence-corrected chi connectivity index (χ3v) is 3.78. The number of methoxy groups -OCH3 is 2. The zero-order chi connectivity index (χ0) is 19.2. The number of hydrazone groups is 1. The molecule has 1 amide bonds. The van der Waals surface area contributed by atoms with E-state index in [1.54, 1.807) is 56.7 Å². The van der Waals surface area contributed by atoms with Gasteiger partial charge in [-0.25, -0.2) is 9.82 Å². The van der Waals surface area contributed by atoms with Crippen molar-refractivity contribution < 1.29 is 18.7 Å². The predicted molar refractivity (Wildman–Crippen MR) is 98.6 cm³/mol. The molecule has 0 atom stereocenters. The van der Waals surface area contributed by atoms with Gasteiger partial charge in [0.1, 0.15) is 11.5 Å². The molecule has 0 radical (unpaired) electrons. The predicted octanol–water partition coefficient (Wildman–Crippen LogP) is 3.00. The van der Waals surface area contributed by atoms with Crippen LogP contribution in [0.15, 0.2) is 53.6 Å². The molecule has 0 saturated heterocycles. The first-order valence-electron chi connectivity index (χ1n) is 7.98. The van der Waals surface area contributed by atoms with Gasteiger partial charge in [-0.2, -0.15) is 10.2 Å². The molecule has 0 aliphatic heterocycles. The number of rotatable bonds is 6. The van der Waals surface area contributed by atoms with Crippen molar-refractivity contribution in [2.75, 3.05) is 14.2 Å². The summed E-state index contributed by atoms with van der Waals surface area (Å²) in [5, 5.41) is 10.5. The number of carbonyl (C=O) groups is 1. The molecule has 0 spiro atoms. The van der Waals surface area contributed by atoms with Crippen LogP contribution in [0.4, 0.5) is 4.39 Å². The second-order valence-corrected chi connectivity index (χ2v) is 5.46. The van der Waals surface area contributed by atoms with Crippen molar-refractivity contribution >= 4 is 12.1 Å². The van der Waals surface area contributed by atoms with Crippen molar-refractivity contribution in [2.24, 2.45) is 5.10 Å². The van der Waals surface area contributed by atoms with Crippen molar-refractivity contribution in [2.45, 2.75) is 0 Å². The fourth-order valence-corrected chi connectivity index (χ4v) is 2.38. The normalized spacial score (nSPS) is 10.8. The summed E-state index contributed by atoms with van der Waals surface area (Å²) >= 11 is 0. The summed E-state index contributed by atoms with van der Waals surface area (Å²) in [6.45, 7) is 0. The van der Waals surface area contributed by atoms with E-state index in [1.165, 1.54) is 12.3 Å². The summed E-state index contributed by atoms with van der Waals surface area (Å²) in [6.07, 6.45) is 1.23. The minimum absolute atomic E-state index is 0.213. The minimum atomic E-state index is -0.498. The molecule has 2 N–H and O–H groups in total. The maximum absolute atomic E-state index is 13.5. The third kappa shape index (κ3) is 4.12. The summed E-state index contributed by atoms with van der Waals surface area (Å²) < 4.78 is 24.0. The van der Waals surface area contributed by atoms with Gasteiger partial charge >= 0.3 is 0 Å². The Labute approximate surface area is 154 Å². The van der Waals surface area contributed by atoms with Crippen LogP contribution in [0.5, 0.6) is 11.5 Å². The monoisotopic (exact) mass is 368 g/mol. The summed E-state index contributed by atoms with van der Waals surface area (Å²) in [5.74, 6) is 0.227. The SMILES string of the molecule is COc1ccc(-c2cc(C(=O)NN=Cc3ccccc3F)[nH]n2)cc1OC. The van der Waals surface area contributed by atoms with E-state index in [1.807, 2.05) is 0 Å². The van der Waals surface area contributed by atoms with Gasteiger partial charge in [-0.1, -0.05) is 18.2 Å². The van der Waals surface area contributed by atoms with Gasteiger partial charge < -0.3 is 9.47 Å². The number of amides is 1. The molecule has 0 fully saturated rings. The largest absolute Gasteiger partial charge is 0.493 e. The Morgan fingerprint density at radius 2 is 1.93 bits per heavy atom.